The standard InChI is InChI=1S/C15H14N2O3S/c18-21(19,16-10-12-6-2-1-3-7-12)11-14-13-8-4-5-9-15(13)20-17-14/h1-9,16H,10-11H2. The lowest BCUT2D eigenvalue weighted by molar-refractivity contribution is 0.448. The normalized spacial score (nSPS) is 11.8. The third-order valence-electron chi connectivity index (χ3n) is 3.12. The van der Waals surface area contributed by atoms with Gasteiger partial charge in [-0.05, 0) is 17.7 Å². The summed E-state index contributed by atoms with van der Waals surface area (Å²) in [7, 11) is -3.47. The average Bonchev–Trinajstić information content (AvgIpc) is 2.89. The lowest BCUT2D eigenvalue weighted by Crippen LogP contribution is -2.24. The Kier molecular flexibility index (Phi) is 3.72. The highest BCUT2D eigenvalue weighted by Gasteiger charge is 2.17. The van der Waals surface area contributed by atoms with Gasteiger partial charge in [-0.1, -0.05) is 47.6 Å². The maximum Gasteiger partial charge on any atom is 0.217 e. The third kappa shape index (κ3) is 3.29. The molecule has 0 spiro atoms. The second-order valence-electron chi connectivity index (χ2n) is 4.69. The van der Waals surface area contributed by atoms with E-state index in [0.717, 1.165) is 10.9 Å². The Hall–Kier alpha value is -2.18. The molecule has 0 fully saturated rings. The molecule has 6 heteroatoms. The number of hydrogen-bond acceptors (Lipinski definition) is 4. The molecule has 108 valence electrons. The summed E-state index contributed by atoms with van der Waals surface area (Å²) in [5.41, 5.74) is 1.92. The third-order valence-corrected chi connectivity index (χ3v) is 4.36. The van der Waals surface area contributed by atoms with Crippen LogP contribution in [0, 0.1) is 0 Å². The van der Waals surface area contributed by atoms with Crippen molar-refractivity contribution in [2.75, 3.05) is 0 Å². The number of nitrogens with one attached hydrogen (secondary N) is 1. The average molecular weight is 302 g/mol. The van der Waals surface area contributed by atoms with E-state index in [4.69, 9.17) is 4.52 Å². The first-order valence-corrected chi connectivity index (χ1v) is 8.14. The molecule has 1 heterocycles. The molecule has 0 saturated carbocycles. The predicted octanol–water partition coefficient (Wildman–Crippen LogP) is 2.45. The molecule has 0 amide bonds. The van der Waals surface area contributed by atoms with Crippen LogP contribution in [-0.2, 0) is 22.3 Å². The second kappa shape index (κ2) is 5.67. The van der Waals surface area contributed by atoms with Crippen molar-refractivity contribution < 1.29 is 12.9 Å². The smallest absolute Gasteiger partial charge is 0.217 e. The Bertz CT molecular complexity index is 841. The largest absolute Gasteiger partial charge is 0.356 e. The van der Waals surface area contributed by atoms with Crippen LogP contribution in [0.1, 0.15) is 11.3 Å². The highest BCUT2D eigenvalue weighted by molar-refractivity contribution is 7.88. The van der Waals surface area contributed by atoms with Gasteiger partial charge in [-0.3, -0.25) is 0 Å². The van der Waals surface area contributed by atoms with Gasteiger partial charge in [0.05, 0.1) is 0 Å². The van der Waals surface area contributed by atoms with E-state index in [-0.39, 0.29) is 12.3 Å². The van der Waals surface area contributed by atoms with Crippen LogP contribution in [0.2, 0.25) is 0 Å². The Labute approximate surface area is 122 Å². The van der Waals surface area contributed by atoms with Gasteiger partial charge in [0, 0.05) is 11.9 Å². The van der Waals surface area contributed by atoms with Gasteiger partial charge in [-0.2, -0.15) is 0 Å². The van der Waals surface area contributed by atoms with Crippen molar-refractivity contribution in [3.63, 3.8) is 0 Å². The summed E-state index contributed by atoms with van der Waals surface area (Å²) in [4.78, 5) is 0. The van der Waals surface area contributed by atoms with Gasteiger partial charge in [0.25, 0.3) is 0 Å². The highest BCUT2D eigenvalue weighted by Crippen LogP contribution is 2.19. The molecular weight excluding hydrogens is 288 g/mol. The quantitative estimate of drug-likeness (QED) is 0.785. The van der Waals surface area contributed by atoms with E-state index in [1.54, 1.807) is 12.1 Å². The van der Waals surface area contributed by atoms with Crippen LogP contribution in [0.15, 0.2) is 59.1 Å². The van der Waals surface area contributed by atoms with Crippen LogP contribution in [0.25, 0.3) is 11.0 Å². The molecule has 1 aromatic heterocycles. The molecule has 3 rings (SSSR count). The lowest BCUT2D eigenvalue weighted by Gasteiger charge is -2.05. The summed E-state index contributed by atoms with van der Waals surface area (Å²) in [6.45, 7) is 0.263. The summed E-state index contributed by atoms with van der Waals surface area (Å²) in [6, 6.07) is 16.6. The monoisotopic (exact) mass is 302 g/mol. The van der Waals surface area contributed by atoms with Crippen molar-refractivity contribution >= 4 is 21.0 Å². The molecule has 0 unspecified atom stereocenters. The molecule has 0 bridgehead atoms. The van der Waals surface area contributed by atoms with E-state index in [2.05, 4.69) is 9.88 Å². The van der Waals surface area contributed by atoms with Crippen molar-refractivity contribution in [1.82, 2.24) is 9.88 Å². The van der Waals surface area contributed by atoms with E-state index < -0.39 is 10.0 Å². The first-order chi connectivity index (χ1) is 10.1. The van der Waals surface area contributed by atoms with Gasteiger partial charge < -0.3 is 4.52 Å². The highest BCUT2D eigenvalue weighted by atomic mass is 32.2. The van der Waals surface area contributed by atoms with Crippen molar-refractivity contribution in [3.8, 4) is 0 Å². The number of aromatic nitrogens is 1. The zero-order chi connectivity index (χ0) is 14.7. The number of fused-ring (bicyclic) bond motifs is 1. The molecule has 0 aliphatic carbocycles. The SMILES string of the molecule is O=S(=O)(Cc1noc2ccccc12)NCc1ccccc1. The van der Waals surface area contributed by atoms with Gasteiger partial charge in [-0.15, -0.1) is 0 Å². The van der Waals surface area contributed by atoms with Gasteiger partial charge in [0.2, 0.25) is 10.0 Å². The van der Waals surface area contributed by atoms with Crippen molar-refractivity contribution in [1.29, 1.82) is 0 Å². The molecule has 2 aromatic carbocycles. The Balaban J connectivity index is 1.74. The first-order valence-electron chi connectivity index (χ1n) is 6.49. The van der Waals surface area contributed by atoms with Gasteiger partial charge >= 0.3 is 0 Å². The molecule has 0 aliphatic rings. The van der Waals surface area contributed by atoms with Crippen molar-refractivity contribution in [2.45, 2.75) is 12.3 Å². The topological polar surface area (TPSA) is 72.2 Å². The van der Waals surface area contributed by atoms with Crippen LogP contribution < -0.4 is 4.72 Å². The molecular formula is C15H14N2O3S. The maximum atomic E-state index is 12.1. The maximum absolute atomic E-state index is 12.1. The number of para-hydroxylation sites is 1. The van der Waals surface area contributed by atoms with E-state index in [1.165, 1.54) is 0 Å². The summed E-state index contributed by atoms with van der Waals surface area (Å²) < 4.78 is 31.9. The zero-order valence-electron chi connectivity index (χ0n) is 11.2. The van der Waals surface area contributed by atoms with Crippen molar-refractivity contribution in [2.24, 2.45) is 0 Å². The molecule has 0 aliphatic heterocycles. The minimum atomic E-state index is -3.47. The van der Waals surface area contributed by atoms with Crippen LogP contribution >= 0.6 is 0 Å². The molecule has 1 N–H and O–H groups in total. The number of benzene rings is 2. The summed E-state index contributed by atoms with van der Waals surface area (Å²) in [5.74, 6) is -0.198. The Morgan fingerprint density at radius 3 is 2.52 bits per heavy atom. The summed E-state index contributed by atoms with van der Waals surface area (Å²) in [5, 5.41) is 4.57. The molecule has 0 atom stereocenters. The van der Waals surface area contributed by atoms with Crippen LogP contribution in [0.3, 0.4) is 0 Å². The van der Waals surface area contributed by atoms with E-state index in [1.807, 2.05) is 42.5 Å². The second-order valence-corrected chi connectivity index (χ2v) is 6.50. The summed E-state index contributed by atoms with van der Waals surface area (Å²) in [6.07, 6.45) is 0. The fourth-order valence-corrected chi connectivity index (χ4v) is 3.12. The fraction of sp³-hybridized carbons (Fsp3) is 0.133. The van der Waals surface area contributed by atoms with Gasteiger partial charge in [0.1, 0.15) is 11.4 Å². The molecule has 0 saturated heterocycles. The number of sulfonamides is 1. The number of hydrogen-bond donors (Lipinski definition) is 1. The minimum absolute atomic E-state index is 0.198. The molecule has 3 aromatic rings. The molecule has 21 heavy (non-hydrogen) atoms. The van der Waals surface area contributed by atoms with E-state index in [9.17, 15) is 8.42 Å². The molecule has 5 nitrogen and oxygen atoms in total. The summed E-state index contributed by atoms with van der Waals surface area (Å²) >= 11 is 0. The predicted molar refractivity (Wildman–Crippen MR) is 79.9 cm³/mol. The first kappa shape index (κ1) is 13.8. The Morgan fingerprint density at radius 2 is 1.71 bits per heavy atom. The van der Waals surface area contributed by atoms with Crippen LogP contribution in [0.5, 0.6) is 0 Å². The zero-order valence-corrected chi connectivity index (χ0v) is 12.0. The van der Waals surface area contributed by atoms with Crippen molar-refractivity contribution in [3.05, 3.63) is 65.9 Å². The molecule has 0 radical (unpaired) electrons. The fourth-order valence-electron chi connectivity index (χ4n) is 2.06. The van der Waals surface area contributed by atoms with Crippen LogP contribution in [0.4, 0.5) is 0 Å². The van der Waals surface area contributed by atoms with E-state index >= 15 is 0 Å². The lowest BCUT2D eigenvalue weighted by atomic mass is 10.2. The number of nitrogens with zero attached hydrogens (tertiary/aromatic N) is 1. The number of rotatable bonds is 5. The Morgan fingerprint density at radius 1 is 1.00 bits per heavy atom. The van der Waals surface area contributed by atoms with Gasteiger partial charge in [0.15, 0.2) is 5.58 Å². The minimum Gasteiger partial charge on any atom is -0.356 e. The van der Waals surface area contributed by atoms with Gasteiger partial charge in [-0.25, -0.2) is 13.1 Å². The van der Waals surface area contributed by atoms with E-state index in [0.29, 0.717) is 11.3 Å². The van der Waals surface area contributed by atoms with Crippen LogP contribution in [-0.4, -0.2) is 13.6 Å².